The molecule has 0 bridgehead atoms. The first-order valence-corrected chi connectivity index (χ1v) is 33.0. The van der Waals surface area contributed by atoms with Crippen molar-refractivity contribution < 1.29 is 42.9 Å². The molecule has 0 heterocycles. The maximum Gasteiger partial charge on any atom is 0.361 e. The molecule has 0 aromatic carbocycles. The molecule has 9 nitrogen and oxygen atoms in total. The SMILES string of the molecule is CCCCC/C=C\CCCCCCCC(=O)OCC(COC(OCC[N+](C)(C)C)C(=O)O)OC(=O)CCCCCCCCCCCCCCCCCCCCCCCCCCCCC/C=C\CCCCCCCCCC. The van der Waals surface area contributed by atoms with Gasteiger partial charge < -0.3 is 28.5 Å². The van der Waals surface area contributed by atoms with Crippen LogP contribution >= 0.6 is 0 Å². The number of ether oxygens (including phenoxy) is 4. The van der Waals surface area contributed by atoms with Gasteiger partial charge in [0.05, 0.1) is 34.4 Å². The molecule has 0 saturated heterocycles. The molecule has 1 N–H and O–H groups in total. The van der Waals surface area contributed by atoms with Gasteiger partial charge in [-0.15, -0.1) is 0 Å². The van der Waals surface area contributed by atoms with E-state index < -0.39 is 24.3 Å². The lowest BCUT2D eigenvalue weighted by molar-refractivity contribution is -0.870. The molecular weight excluding hydrogens is 947 g/mol. The van der Waals surface area contributed by atoms with E-state index in [1.54, 1.807) is 0 Å². The molecule has 2 atom stereocenters. The summed E-state index contributed by atoms with van der Waals surface area (Å²) in [5.74, 6) is -2.00. The molecule has 0 amide bonds. The number of nitrogens with zero attached hydrogens (tertiary/aromatic N) is 1. The number of allylic oxidation sites excluding steroid dienone is 4. The summed E-state index contributed by atoms with van der Waals surface area (Å²) in [7, 11) is 5.97. The van der Waals surface area contributed by atoms with Crippen molar-refractivity contribution >= 4 is 17.9 Å². The van der Waals surface area contributed by atoms with E-state index in [2.05, 4.69) is 38.2 Å². The number of aliphatic carboxylic acids is 1. The summed E-state index contributed by atoms with van der Waals surface area (Å²) in [6.07, 6.45) is 68.9. The van der Waals surface area contributed by atoms with Crippen molar-refractivity contribution in [3.63, 3.8) is 0 Å². The van der Waals surface area contributed by atoms with Gasteiger partial charge >= 0.3 is 17.9 Å². The second kappa shape index (κ2) is 58.9. The molecular formula is C67H128NO8+. The van der Waals surface area contributed by atoms with Crippen molar-refractivity contribution in [1.29, 1.82) is 0 Å². The van der Waals surface area contributed by atoms with Gasteiger partial charge in [-0.05, 0) is 64.2 Å². The van der Waals surface area contributed by atoms with Crippen molar-refractivity contribution in [2.45, 2.75) is 341 Å². The monoisotopic (exact) mass is 1070 g/mol. The molecule has 76 heavy (non-hydrogen) atoms. The van der Waals surface area contributed by atoms with Crippen molar-refractivity contribution in [3.8, 4) is 0 Å². The fourth-order valence-electron chi connectivity index (χ4n) is 9.83. The van der Waals surface area contributed by atoms with E-state index in [4.69, 9.17) is 18.9 Å². The van der Waals surface area contributed by atoms with E-state index in [1.165, 1.54) is 244 Å². The molecule has 0 saturated carbocycles. The van der Waals surface area contributed by atoms with E-state index in [0.29, 0.717) is 17.4 Å². The van der Waals surface area contributed by atoms with Gasteiger partial charge in [0.25, 0.3) is 6.29 Å². The number of carbonyl (C=O) groups excluding carboxylic acids is 2. The molecule has 0 aliphatic carbocycles. The third-order valence-corrected chi connectivity index (χ3v) is 14.9. The first-order chi connectivity index (χ1) is 37.1. The molecule has 0 spiro atoms. The zero-order valence-electron chi connectivity index (χ0n) is 51.2. The third kappa shape index (κ3) is 59.4. The van der Waals surface area contributed by atoms with Gasteiger partial charge in [-0.2, -0.15) is 0 Å². The number of hydrogen-bond acceptors (Lipinski definition) is 7. The number of likely N-dealkylation sites (N-methyl/N-ethyl adjacent to an activating group) is 1. The summed E-state index contributed by atoms with van der Waals surface area (Å²) in [5.41, 5.74) is 0. The van der Waals surface area contributed by atoms with E-state index >= 15 is 0 Å². The summed E-state index contributed by atoms with van der Waals surface area (Å²) >= 11 is 0. The Labute approximate surface area is 471 Å². The minimum atomic E-state index is -1.51. The summed E-state index contributed by atoms with van der Waals surface area (Å²) in [6, 6.07) is 0. The second-order valence-electron chi connectivity index (χ2n) is 23.8. The van der Waals surface area contributed by atoms with Gasteiger partial charge in [-0.25, -0.2) is 4.79 Å². The molecule has 2 unspecified atom stereocenters. The molecule has 0 fully saturated rings. The third-order valence-electron chi connectivity index (χ3n) is 14.9. The lowest BCUT2D eigenvalue weighted by Crippen LogP contribution is -2.40. The van der Waals surface area contributed by atoms with E-state index in [0.717, 1.165) is 57.8 Å². The largest absolute Gasteiger partial charge is 0.477 e. The highest BCUT2D eigenvalue weighted by Crippen LogP contribution is 2.18. The first kappa shape index (κ1) is 73.8. The Kier molecular flexibility index (Phi) is 57.2. The van der Waals surface area contributed by atoms with Gasteiger partial charge in [0, 0.05) is 12.8 Å². The smallest absolute Gasteiger partial charge is 0.361 e. The predicted octanol–water partition coefficient (Wildman–Crippen LogP) is 19.9. The molecule has 0 aromatic rings. The first-order valence-electron chi connectivity index (χ1n) is 33.0. The maximum atomic E-state index is 12.9. The summed E-state index contributed by atoms with van der Waals surface area (Å²) < 4.78 is 22.9. The van der Waals surface area contributed by atoms with Crippen LogP contribution in [0.2, 0.25) is 0 Å². The lowest BCUT2D eigenvalue weighted by Gasteiger charge is -2.25. The van der Waals surface area contributed by atoms with Gasteiger partial charge in [0.2, 0.25) is 0 Å². The van der Waals surface area contributed by atoms with E-state index in [1.807, 2.05) is 21.1 Å². The fraction of sp³-hybridized carbons (Fsp3) is 0.896. The molecule has 0 aliphatic heterocycles. The number of rotatable bonds is 62. The van der Waals surface area contributed by atoms with Crippen LogP contribution in [-0.2, 0) is 33.3 Å². The van der Waals surface area contributed by atoms with Crippen molar-refractivity contribution in [2.75, 3.05) is 47.5 Å². The zero-order valence-corrected chi connectivity index (χ0v) is 51.2. The van der Waals surface area contributed by atoms with Crippen LogP contribution in [-0.4, -0.2) is 87.4 Å². The fourth-order valence-corrected chi connectivity index (χ4v) is 9.83. The average Bonchev–Trinajstić information content (AvgIpc) is 3.39. The van der Waals surface area contributed by atoms with Crippen LogP contribution in [0.4, 0.5) is 0 Å². The number of unbranched alkanes of at least 4 members (excludes halogenated alkanes) is 43. The zero-order chi connectivity index (χ0) is 55.5. The minimum Gasteiger partial charge on any atom is -0.477 e. The van der Waals surface area contributed by atoms with Crippen LogP contribution in [0.1, 0.15) is 328 Å². The number of carboxylic acid groups (broad SMARTS) is 1. The van der Waals surface area contributed by atoms with Gasteiger partial charge in [-0.3, -0.25) is 9.59 Å². The summed E-state index contributed by atoms with van der Waals surface area (Å²) in [4.78, 5) is 37.3. The van der Waals surface area contributed by atoms with Gasteiger partial charge in [0.1, 0.15) is 13.2 Å². The van der Waals surface area contributed by atoms with Crippen molar-refractivity contribution in [3.05, 3.63) is 24.3 Å². The quantitative estimate of drug-likeness (QED) is 0.0211. The highest BCUT2D eigenvalue weighted by atomic mass is 16.7. The van der Waals surface area contributed by atoms with Gasteiger partial charge in [0.15, 0.2) is 6.10 Å². The van der Waals surface area contributed by atoms with Crippen LogP contribution < -0.4 is 0 Å². The molecule has 448 valence electrons. The Morgan fingerprint density at radius 1 is 0.382 bits per heavy atom. The Bertz CT molecular complexity index is 1300. The van der Waals surface area contributed by atoms with Gasteiger partial charge in [-0.1, -0.05) is 276 Å². The highest BCUT2D eigenvalue weighted by Gasteiger charge is 2.25. The highest BCUT2D eigenvalue weighted by molar-refractivity contribution is 5.71. The normalized spacial score (nSPS) is 12.8. The van der Waals surface area contributed by atoms with Crippen LogP contribution in [0.5, 0.6) is 0 Å². The number of carboxylic acids is 1. The van der Waals surface area contributed by atoms with Crippen LogP contribution in [0, 0.1) is 0 Å². The second-order valence-corrected chi connectivity index (χ2v) is 23.8. The van der Waals surface area contributed by atoms with Crippen LogP contribution in [0.25, 0.3) is 0 Å². The lowest BCUT2D eigenvalue weighted by atomic mass is 10.0. The number of hydrogen-bond donors (Lipinski definition) is 1. The molecule has 0 aromatic heterocycles. The van der Waals surface area contributed by atoms with Crippen LogP contribution in [0.3, 0.4) is 0 Å². The average molecular weight is 1080 g/mol. The Balaban J connectivity index is 3.88. The predicted molar refractivity (Wildman–Crippen MR) is 323 cm³/mol. The van der Waals surface area contributed by atoms with Crippen molar-refractivity contribution in [2.24, 2.45) is 0 Å². The topological polar surface area (TPSA) is 108 Å². The maximum absolute atomic E-state index is 12.9. The number of quaternary nitrogens is 1. The standard InChI is InChI=1S/C67H127NO8/c1-6-8-10-12-14-16-18-20-21-22-23-24-25-26-27-28-29-30-31-32-33-34-35-36-37-38-39-40-41-42-43-44-45-46-48-50-52-54-56-58-65(70)76-63(62-75-67(66(71)72)73-60-59-68(3,4)5)61-74-64(69)57-55-53-51-49-47-19-17-15-13-11-9-7-2/h15,17,22-23,63,67H,6-14,16,18-21,24-62H2,1-5H3/p+1/b17-15-,23-22-. The van der Waals surface area contributed by atoms with E-state index in [-0.39, 0.29) is 32.2 Å². The molecule has 9 heteroatoms. The van der Waals surface area contributed by atoms with Crippen molar-refractivity contribution in [1.82, 2.24) is 0 Å². The number of carbonyl (C=O) groups is 3. The Hall–Kier alpha value is -2.23. The Morgan fingerprint density at radius 2 is 0.671 bits per heavy atom. The Morgan fingerprint density at radius 3 is 1.00 bits per heavy atom. The summed E-state index contributed by atoms with van der Waals surface area (Å²) in [5, 5.41) is 9.69. The molecule has 0 radical (unpaired) electrons. The van der Waals surface area contributed by atoms with E-state index in [9.17, 15) is 19.5 Å². The number of esters is 2. The molecule has 0 rings (SSSR count). The minimum absolute atomic E-state index is 0.181. The van der Waals surface area contributed by atoms with Crippen LogP contribution in [0.15, 0.2) is 24.3 Å². The molecule has 0 aliphatic rings. The summed E-state index contributed by atoms with van der Waals surface area (Å²) in [6.45, 7) is 4.88.